The Balaban J connectivity index is 2.34. The molecule has 0 radical (unpaired) electrons. The van der Waals surface area contributed by atoms with E-state index in [0.717, 1.165) is 19.5 Å². The van der Waals surface area contributed by atoms with Crippen LogP contribution in [0.5, 0.6) is 0 Å². The largest absolute Gasteiger partial charge is 0.311 e. The molecule has 1 heterocycles. The maximum atomic E-state index is 4.37. The molecule has 0 aromatic heterocycles. The van der Waals surface area contributed by atoms with Crippen molar-refractivity contribution in [3.63, 3.8) is 0 Å². The highest BCUT2D eigenvalue weighted by atomic mass is 14.9. The smallest absolute Gasteiger partial charge is 0.0527 e. The maximum Gasteiger partial charge on any atom is 0.0527 e. The first-order valence-electron chi connectivity index (χ1n) is 4.76. The van der Waals surface area contributed by atoms with Crippen LogP contribution in [0.25, 0.3) is 0 Å². The molecular formula is C10H18N2. The van der Waals surface area contributed by atoms with Crippen molar-refractivity contribution in [2.45, 2.75) is 33.1 Å². The summed E-state index contributed by atoms with van der Waals surface area (Å²) in [5.41, 5.74) is 2.69. The van der Waals surface area contributed by atoms with Crippen molar-refractivity contribution < 1.29 is 0 Å². The van der Waals surface area contributed by atoms with Gasteiger partial charge >= 0.3 is 0 Å². The van der Waals surface area contributed by atoms with E-state index >= 15 is 0 Å². The standard InChI is InChI=1S/C10H18N2/c1-3-6-11-8-10-9(2)5-4-7-12-10/h7,11H,3-6,8H2,1-2H3. The number of rotatable bonds is 4. The van der Waals surface area contributed by atoms with Gasteiger partial charge < -0.3 is 5.32 Å². The first kappa shape index (κ1) is 9.46. The molecule has 0 unspecified atom stereocenters. The molecule has 1 aliphatic rings. The highest BCUT2D eigenvalue weighted by Crippen LogP contribution is 2.14. The highest BCUT2D eigenvalue weighted by molar-refractivity contribution is 5.61. The topological polar surface area (TPSA) is 24.4 Å². The molecule has 0 amide bonds. The van der Waals surface area contributed by atoms with Gasteiger partial charge in [-0.1, -0.05) is 12.5 Å². The van der Waals surface area contributed by atoms with Gasteiger partial charge in [-0.25, -0.2) is 0 Å². The lowest BCUT2D eigenvalue weighted by molar-refractivity contribution is 0.701. The first-order valence-corrected chi connectivity index (χ1v) is 4.76. The molecule has 0 aliphatic carbocycles. The van der Waals surface area contributed by atoms with E-state index in [1.165, 1.54) is 24.1 Å². The van der Waals surface area contributed by atoms with E-state index in [0.29, 0.717) is 0 Å². The molecule has 12 heavy (non-hydrogen) atoms. The molecule has 0 fully saturated rings. The molecule has 2 heteroatoms. The molecule has 0 aromatic carbocycles. The van der Waals surface area contributed by atoms with Gasteiger partial charge in [0.1, 0.15) is 0 Å². The molecule has 0 bridgehead atoms. The van der Waals surface area contributed by atoms with Crippen LogP contribution in [0.3, 0.4) is 0 Å². The zero-order valence-electron chi connectivity index (χ0n) is 8.06. The number of allylic oxidation sites excluding steroid dienone is 1. The predicted octanol–water partition coefficient (Wildman–Crippen LogP) is 2.12. The summed E-state index contributed by atoms with van der Waals surface area (Å²) < 4.78 is 0. The number of hydrogen-bond donors (Lipinski definition) is 1. The molecule has 0 spiro atoms. The quantitative estimate of drug-likeness (QED) is 0.636. The maximum absolute atomic E-state index is 4.37. The van der Waals surface area contributed by atoms with E-state index in [1.807, 2.05) is 6.21 Å². The van der Waals surface area contributed by atoms with Crippen molar-refractivity contribution in [1.29, 1.82) is 0 Å². The SMILES string of the molecule is CCCNCC1=C(C)CCC=N1. The second-order valence-corrected chi connectivity index (χ2v) is 3.25. The van der Waals surface area contributed by atoms with Crippen LogP contribution in [0.1, 0.15) is 33.1 Å². The lowest BCUT2D eigenvalue weighted by Gasteiger charge is -2.11. The van der Waals surface area contributed by atoms with Crippen LogP contribution in [0.15, 0.2) is 16.3 Å². The van der Waals surface area contributed by atoms with Crippen LogP contribution in [-0.4, -0.2) is 19.3 Å². The van der Waals surface area contributed by atoms with Gasteiger partial charge in [-0.2, -0.15) is 0 Å². The minimum atomic E-state index is 0.941. The third kappa shape index (κ3) is 2.78. The van der Waals surface area contributed by atoms with Crippen LogP contribution >= 0.6 is 0 Å². The normalized spacial score (nSPS) is 17.2. The molecular weight excluding hydrogens is 148 g/mol. The Morgan fingerprint density at radius 2 is 2.42 bits per heavy atom. The molecule has 2 nitrogen and oxygen atoms in total. The Kier molecular flexibility index (Phi) is 4.01. The number of nitrogens with one attached hydrogen (secondary N) is 1. The van der Waals surface area contributed by atoms with Gasteiger partial charge in [0.15, 0.2) is 0 Å². The summed E-state index contributed by atoms with van der Waals surface area (Å²) >= 11 is 0. The predicted molar refractivity (Wildman–Crippen MR) is 53.6 cm³/mol. The minimum Gasteiger partial charge on any atom is -0.311 e. The summed E-state index contributed by atoms with van der Waals surface area (Å²) in [6.07, 6.45) is 5.52. The highest BCUT2D eigenvalue weighted by Gasteiger charge is 2.03. The van der Waals surface area contributed by atoms with Gasteiger partial charge in [-0.3, -0.25) is 4.99 Å². The van der Waals surface area contributed by atoms with Crippen molar-refractivity contribution >= 4 is 6.21 Å². The van der Waals surface area contributed by atoms with E-state index in [1.54, 1.807) is 0 Å². The Morgan fingerprint density at radius 3 is 3.08 bits per heavy atom. The second kappa shape index (κ2) is 5.09. The molecule has 0 saturated carbocycles. The average Bonchev–Trinajstić information content (AvgIpc) is 2.09. The van der Waals surface area contributed by atoms with Gasteiger partial charge in [-0.15, -0.1) is 0 Å². The molecule has 1 aliphatic heterocycles. The summed E-state index contributed by atoms with van der Waals surface area (Å²) in [7, 11) is 0. The van der Waals surface area contributed by atoms with Gasteiger partial charge in [0.05, 0.1) is 5.70 Å². The van der Waals surface area contributed by atoms with E-state index < -0.39 is 0 Å². The Morgan fingerprint density at radius 1 is 1.58 bits per heavy atom. The van der Waals surface area contributed by atoms with Crippen molar-refractivity contribution in [1.82, 2.24) is 5.32 Å². The van der Waals surface area contributed by atoms with Gasteiger partial charge in [0.2, 0.25) is 0 Å². The number of aliphatic imine (C=N–C) groups is 1. The van der Waals surface area contributed by atoms with Crippen LogP contribution in [0.4, 0.5) is 0 Å². The van der Waals surface area contributed by atoms with Gasteiger partial charge in [0.25, 0.3) is 0 Å². The van der Waals surface area contributed by atoms with Crippen molar-refractivity contribution in [2.24, 2.45) is 4.99 Å². The third-order valence-corrected chi connectivity index (χ3v) is 2.11. The van der Waals surface area contributed by atoms with Crippen molar-refractivity contribution in [3.05, 3.63) is 11.3 Å². The zero-order valence-corrected chi connectivity index (χ0v) is 8.06. The van der Waals surface area contributed by atoms with Crippen molar-refractivity contribution in [3.8, 4) is 0 Å². The molecule has 1 rings (SSSR count). The summed E-state index contributed by atoms with van der Waals surface area (Å²) in [6.45, 7) is 6.39. The fourth-order valence-electron chi connectivity index (χ4n) is 1.29. The molecule has 68 valence electrons. The minimum absolute atomic E-state index is 0.941. The second-order valence-electron chi connectivity index (χ2n) is 3.25. The van der Waals surface area contributed by atoms with Crippen LogP contribution in [-0.2, 0) is 0 Å². The van der Waals surface area contributed by atoms with E-state index in [9.17, 15) is 0 Å². The fraction of sp³-hybridized carbons (Fsp3) is 0.700. The summed E-state index contributed by atoms with van der Waals surface area (Å²) in [4.78, 5) is 4.37. The Bertz CT molecular complexity index is 192. The molecule has 0 aromatic rings. The lowest BCUT2D eigenvalue weighted by Crippen LogP contribution is -2.18. The molecule has 0 saturated heterocycles. The molecule has 0 atom stereocenters. The third-order valence-electron chi connectivity index (χ3n) is 2.11. The number of nitrogens with zero attached hydrogens (tertiary/aromatic N) is 1. The van der Waals surface area contributed by atoms with Gasteiger partial charge in [-0.05, 0) is 32.7 Å². The summed E-state index contributed by atoms with van der Waals surface area (Å²) in [5.74, 6) is 0. The average molecular weight is 166 g/mol. The summed E-state index contributed by atoms with van der Waals surface area (Å²) in [5, 5.41) is 3.36. The molecule has 1 N–H and O–H groups in total. The van der Waals surface area contributed by atoms with Crippen LogP contribution in [0.2, 0.25) is 0 Å². The lowest BCUT2D eigenvalue weighted by atomic mass is 10.1. The monoisotopic (exact) mass is 166 g/mol. The van der Waals surface area contributed by atoms with Crippen LogP contribution in [0, 0.1) is 0 Å². The van der Waals surface area contributed by atoms with Gasteiger partial charge in [0, 0.05) is 12.8 Å². The summed E-state index contributed by atoms with van der Waals surface area (Å²) in [6, 6.07) is 0. The Labute approximate surface area is 74.8 Å². The fourth-order valence-corrected chi connectivity index (χ4v) is 1.29. The van der Waals surface area contributed by atoms with E-state index in [-0.39, 0.29) is 0 Å². The Hall–Kier alpha value is -0.630. The van der Waals surface area contributed by atoms with E-state index in [2.05, 4.69) is 24.2 Å². The van der Waals surface area contributed by atoms with E-state index in [4.69, 9.17) is 0 Å². The van der Waals surface area contributed by atoms with Crippen LogP contribution < -0.4 is 5.32 Å². The zero-order chi connectivity index (χ0) is 8.81. The first-order chi connectivity index (χ1) is 5.84. The van der Waals surface area contributed by atoms with Crippen molar-refractivity contribution in [2.75, 3.05) is 13.1 Å². The number of hydrogen-bond acceptors (Lipinski definition) is 2.